The van der Waals surface area contributed by atoms with Crippen LogP contribution in [0.5, 0.6) is 17.2 Å². The van der Waals surface area contributed by atoms with Gasteiger partial charge in [0.1, 0.15) is 19.0 Å². The molecular weight excluding hydrogens is 230 g/mol. The molecule has 0 radical (unpaired) electrons. The van der Waals surface area contributed by atoms with Crippen LogP contribution in [0.15, 0.2) is 36.4 Å². The number of ether oxygens (including phenoxy) is 2. The molecule has 3 N–H and O–H groups in total. The Balaban J connectivity index is 2.12. The van der Waals surface area contributed by atoms with Crippen LogP contribution in [0.4, 0.5) is 5.69 Å². The first-order chi connectivity index (χ1) is 8.75. The number of phenols is 1. The van der Waals surface area contributed by atoms with E-state index in [9.17, 15) is 5.11 Å². The molecule has 0 fully saturated rings. The van der Waals surface area contributed by atoms with Crippen LogP contribution in [0.3, 0.4) is 0 Å². The van der Waals surface area contributed by atoms with E-state index in [1.54, 1.807) is 18.2 Å². The Labute approximate surface area is 105 Å². The quantitative estimate of drug-likeness (QED) is 0.755. The minimum atomic E-state index is 0.159. The first-order valence-corrected chi connectivity index (χ1v) is 5.73. The van der Waals surface area contributed by atoms with Crippen molar-refractivity contribution >= 4 is 5.69 Å². The smallest absolute Gasteiger partial charge is 0.161 e. The monoisotopic (exact) mass is 243 g/mol. The maximum absolute atomic E-state index is 9.90. The number of hydrogen-bond acceptors (Lipinski definition) is 4. The molecule has 3 rings (SSSR count). The van der Waals surface area contributed by atoms with Crippen LogP contribution in [0.25, 0.3) is 11.1 Å². The summed E-state index contributed by atoms with van der Waals surface area (Å²) < 4.78 is 11.0. The van der Waals surface area contributed by atoms with Crippen molar-refractivity contribution in [1.29, 1.82) is 0 Å². The molecule has 2 aromatic carbocycles. The second-order valence-electron chi connectivity index (χ2n) is 4.10. The Morgan fingerprint density at radius 1 is 1.00 bits per heavy atom. The van der Waals surface area contributed by atoms with Gasteiger partial charge in [0.15, 0.2) is 11.5 Å². The summed E-state index contributed by atoms with van der Waals surface area (Å²) in [6.07, 6.45) is 0. The summed E-state index contributed by atoms with van der Waals surface area (Å²) in [5.41, 5.74) is 7.87. The first-order valence-electron chi connectivity index (χ1n) is 5.73. The van der Waals surface area contributed by atoms with E-state index in [1.165, 1.54) is 0 Å². The van der Waals surface area contributed by atoms with E-state index >= 15 is 0 Å². The molecular formula is C14H13NO3. The molecule has 0 saturated heterocycles. The zero-order chi connectivity index (χ0) is 12.5. The Bertz CT molecular complexity index is 575. The highest BCUT2D eigenvalue weighted by Gasteiger charge is 2.15. The lowest BCUT2D eigenvalue weighted by atomic mass is 10.0. The van der Waals surface area contributed by atoms with Gasteiger partial charge in [0.05, 0.1) is 0 Å². The highest BCUT2D eigenvalue weighted by molar-refractivity contribution is 5.82. The molecule has 1 aliphatic rings. The molecule has 1 heterocycles. The Morgan fingerprint density at radius 3 is 2.56 bits per heavy atom. The molecule has 0 saturated carbocycles. The average molecular weight is 243 g/mol. The highest BCUT2D eigenvalue weighted by Crippen LogP contribution is 2.39. The third-order valence-electron chi connectivity index (χ3n) is 2.91. The molecule has 0 bridgehead atoms. The number of nitrogen functional groups attached to an aromatic ring is 1. The van der Waals surface area contributed by atoms with Gasteiger partial charge in [-0.2, -0.15) is 0 Å². The van der Waals surface area contributed by atoms with Gasteiger partial charge in [-0.1, -0.05) is 12.1 Å². The Kier molecular flexibility index (Phi) is 2.48. The van der Waals surface area contributed by atoms with E-state index in [4.69, 9.17) is 15.2 Å². The first kappa shape index (κ1) is 10.8. The SMILES string of the molecule is Nc1cccc(O)c1-c1ccc2c(c1)OCCO2. The second-order valence-corrected chi connectivity index (χ2v) is 4.10. The molecule has 0 amide bonds. The minimum Gasteiger partial charge on any atom is -0.507 e. The predicted octanol–water partition coefficient (Wildman–Crippen LogP) is 2.41. The molecule has 18 heavy (non-hydrogen) atoms. The molecule has 0 spiro atoms. The fourth-order valence-corrected chi connectivity index (χ4v) is 2.07. The average Bonchev–Trinajstić information content (AvgIpc) is 2.38. The molecule has 0 aromatic heterocycles. The van der Waals surface area contributed by atoms with E-state index in [-0.39, 0.29) is 5.75 Å². The van der Waals surface area contributed by atoms with Crippen molar-refractivity contribution in [1.82, 2.24) is 0 Å². The topological polar surface area (TPSA) is 64.7 Å². The number of nitrogens with two attached hydrogens (primary N) is 1. The standard InChI is InChI=1S/C14H13NO3/c15-10-2-1-3-11(16)14(10)9-4-5-12-13(8-9)18-7-6-17-12/h1-5,8,16H,6-7,15H2. The fourth-order valence-electron chi connectivity index (χ4n) is 2.07. The van der Waals surface area contributed by atoms with Gasteiger partial charge >= 0.3 is 0 Å². The van der Waals surface area contributed by atoms with Crippen LogP contribution in [-0.2, 0) is 0 Å². The van der Waals surface area contributed by atoms with E-state index in [2.05, 4.69) is 0 Å². The van der Waals surface area contributed by atoms with E-state index < -0.39 is 0 Å². The normalized spacial score (nSPS) is 13.3. The molecule has 0 unspecified atom stereocenters. The van der Waals surface area contributed by atoms with Crippen molar-refractivity contribution < 1.29 is 14.6 Å². The van der Waals surface area contributed by atoms with Gasteiger partial charge in [-0.05, 0) is 29.8 Å². The van der Waals surface area contributed by atoms with Gasteiger partial charge in [-0.15, -0.1) is 0 Å². The predicted molar refractivity (Wildman–Crippen MR) is 68.9 cm³/mol. The molecule has 0 aliphatic carbocycles. The number of rotatable bonds is 1. The maximum Gasteiger partial charge on any atom is 0.161 e. The van der Waals surface area contributed by atoms with Gasteiger partial charge in [0, 0.05) is 11.3 Å². The van der Waals surface area contributed by atoms with Crippen LogP contribution < -0.4 is 15.2 Å². The molecule has 2 aromatic rings. The number of hydrogen-bond donors (Lipinski definition) is 2. The third-order valence-corrected chi connectivity index (χ3v) is 2.91. The van der Waals surface area contributed by atoms with Gasteiger partial charge in [0.2, 0.25) is 0 Å². The van der Waals surface area contributed by atoms with E-state index in [1.807, 2.05) is 18.2 Å². The summed E-state index contributed by atoms with van der Waals surface area (Å²) >= 11 is 0. The van der Waals surface area contributed by atoms with Gasteiger partial charge in [-0.3, -0.25) is 0 Å². The van der Waals surface area contributed by atoms with E-state index in [0.717, 1.165) is 11.3 Å². The van der Waals surface area contributed by atoms with E-state index in [0.29, 0.717) is 30.2 Å². The molecule has 4 nitrogen and oxygen atoms in total. The summed E-state index contributed by atoms with van der Waals surface area (Å²) in [5.74, 6) is 1.56. The minimum absolute atomic E-state index is 0.159. The van der Waals surface area contributed by atoms with Gasteiger partial charge in [-0.25, -0.2) is 0 Å². The molecule has 1 aliphatic heterocycles. The number of benzene rings is 2. The summed E-state index contributed by atoms with van der Waals surface area (Å²) in [6.45, 7) is 1.10. The highest BCUT2D eigenvalue weighted by atomic mass is 16.6. The Hall–Kier alpha value is -2.36. The lowest BCUT2D eigenvalue weighted by molar-refractivity contribution is 0.171. The van der Waals surface area contributed by atoms with Gasteiger partial charge < -0.3 is 20.3 Å². The largest absolute Gasteiger partial charge is 0.507 e. The lowest BCUT2D eigenvalue weighted by Gasteiger charge is -2.19. The van der Waals surface area contributed by atoms with Crippen molar-refractivity contribution in [2.24, 2.45) is 0 Å². The van der Waals surface area contributed by atoms with Crippen molar-refractivity contribution in [2.75, 3.05) is 18.9 Å². The molecule has 4 heteroatoms. The maximum atomic E-state index is 9.90. The summed E-state index contributed by atoms with van der Waals surface area (Å²) in [4.78, 5) is 0. The lowest BCUT2D eigenvalue weighted by Crippen LogP contribution is -2.15. The van der Waals surface area contributed by atoms with Crippen molar-refractivity contribution in [3.05, 3.63) is 36.4 Å². The number of aromatic hydroxyl groups is 1. The van der Waals surface area contributed by atoms with Crippen LogP contribution in [-0.4, -0.2) is 18.3 Å². The fraction of sp³-hybridized carbons (Fsp3) is 0.143. The summed E-state index contributed by atoms with van der Waals surface area (Å²) in [7, 11) is 0. The van der Waals surface area contributed by atoms with Crippen LogP contribution in [0, 0.1) is 0 Å². The zero-order valence-electron chi connectivity index (χ0n) is 9.72. The number of anilines is 1. The number of phenolic OH excluding ortho intramolecular Hbond substituents is 1. The third kappa shape index (κ3) is 1.72. The van der Waals surface area contributed by atoms with Crippen LogP contribution >= 0.6 is 0 Å². The second kappa shape index (κ2) is 4.14. The van der Waals surface area contributed by atoms with Crippen LogP contribution in [0.1, 0.15) is 0 Å². The van der Waals surface area contributed by atoms with Crippen LogP contribution in [0.2, 0.25) is 0 Å². The van der Waals surface area contributed by atoms with Crippen molar-refractivity contribution in [2.45, 2.75) is 0 Å². The summed E-state index contributed by atoms with van der Waals surface area (Å²) in [6, 6.07) is 10.6. The van der Waals surface area contributed by atoms with Gasteiger partial charge in [0.25, 0.3) is 0 Å². The van der Waals surface area contributed by atoms with Crippen molar-refractivity contribution in [3.63, 3.8) is 0 Å². The molecule has 0 atom stereocenters. The number of fused-ring (bicyclic) bond motifs is 1. The summed E-state index contributed by atoms with van der Waals surface area (Å²) in [5, 5.41) is 9.90. The zero-order valence-corrected chi connectivity index (χ0v) is 9.72. The Morgan fingerprint density at radius 2 is 1.78 bits per heavy atom. The van der Waals surface area contributed by atoms with Crippen molar-refractivity contribution in [3.8, 4) is 28.4 Å². The molecule has 92 valence electrons.